The lowest BCUT2D eigenvalue weighted by Gasteiger charge is -2.26. The molecule has 49 heavy (non-hydrogen) atoms. The van der Waals surface area contributed by atoms with Gasteiger partial charge in [-0.1, -0.05) is 115 Å². The van der Waals surface area contributed by atoms with Crippen LogP contribution in [0.3, 0.4) is 0 Å². The number of para-hydroxylation sites is 2. The first-order valence-electron chi connectivity index (χ1n) is 16.6. The molecule has 0 aliphatic heterocycles. The highest BCUT2D eigenvalue weighted by atomic mass is 16.3. The molecule has 0 amide bonds. The Morgan fingerprint density at radius 2 is 0.980 bits per heavy atom. The lowest BCUT2D eigenvalue weighted by molar-refractivity contribution is 0.669. The molecule has 10 rings (SSSR count). The van der Waals surface area contributed by atoms with Crippen LogP contribution in [0.2, 0.25) is 0 Å². The van der Waals surface area contributed by atoms with Gasteiger partial charge in [-0.15, -0.1) is 0 Å². The van der Waals surface area contributed by atoms with Crippen molar-refractivity contribution in [3.63, 3.8) is 0 Å². The summed E-state index contributed by atoms with van der Waals surface area (Å²) in [4.78, 5) is 2.33. The highest BCUT2D eigenvalue weighted by molar-refractivity contribution is 6.12. The Kier molecular flexibility index (Phi) is 6.18. The minimum Gasteiger partial charge on any atom is -0.456 e. The van der Waals surface area contributed by atoms with E-state index in [1.807, 2.05) is 12.1 Å². The number of fused-ring (bicyclic) bond motifs is 7. The van der Waals surface area contributed by atoms with E-state index in [4.69, 9.17) is 8.83 Å². The van der Waals surface area contributed by atoms with Gasteiger partial charge < -0.3 is 13.7 Å². The largest absolute Gasteiger partial charge is 0.456 e. The zero-order chi connectivity index (χ0) is 32.3. The molecule has 0 spiro atoms. The Labute approximate surface area is 282 Å². The average molecular weight is 628 g/mol. The van der Waals surface area contributed by atoms with E-state index in [0.29, 0.717) is 0 Å². The van der Waals surface area contributed by atoms with Crippen LogP contribution in [0.15, 0.2) is 185 Å². The Morgan fingerprint density at radius 1 is 0.327 bits per heavy atom. The number of furan rings is 2. The van der Waals surface area contributed by atoms with E-state index in [-0.39, 0.29) is 0 Å². The number of benzene rings is 8. The summed E-state index contributed by atoms with van der Waals surface area (Å²) in [5.74, 6) is 0. The molecule has 0 radical (unpaired) electrons. The molecule has 0 N–H and O–H groups in total. The van der Waals surface area contributed by atoms with Gasteiger partial charge in [-0.2, -0.15) is 0 Å². The molecule has 10 aromatic rings. The zero-order valence-electron chi connectivity index (χ0n) is 26.5. The van der Waals surface area contributed by atoms with Crippen LogP contribution in [-0.4, -0.2) is 0 Å². The first-order valence-corrected chi connectivity index (χ1v) is 16.6. The van der Waals surface area contributed by atoms with E-state index in [0.717, 1.165) is 77.6 Å². The third-order valence-corrected chi connectivity index (χ3v) is 9.63. The van der Waals surface area contributed by atoms with Crippen molar-refractivity contribution in [3.8, 4) is 22.3 Å². The third kappa shape index (κ3) is 4.59. The molecule has 8 aromatic carbocycles. The molecule has 2 aromatic heterocycles. The van der Waals surface area contributed by atoms with E-state index < -0.39 is 0 Å². The summed E-state index contributed by atoms with van der Waals surface area (Å²) in [6.45, 7) is 0. The summed E-state index contributed by atoms with van der Waals surface area (Å²) in [6.07, 6.45) is 0. The Bertz CT molecular complexity index is 2830. The van der Waals surface area contributed by atoms with Gasteiger partial charge >= 0.3 is 0 Å². The molecule has 230 valence electrons. The maximum atomic E-state index is 6.39. The van der Waals surface area contributed by atoms with E-state index in [9.17, 15) is 0 Å². The molecule has 3 nitrogen and oxygen atoms in total. The molecule has 0 aliphatic carbocycles. The average Bonchev–Trinajstić information content (AvgIpc) is 3.72. The third-order valence-electron chi connectivity index (χ3n) is 9.63. The standard InChI is InChI=1S/C46H29NO2/c1-2-10-30(11-3-1)32-14-8-15-36(26-32)47(37-24-25-44-42(29-37)41-27-33-12-4-5-13-34(33)28-45(41)48-44)35-22-20-31(21-23-35)38-17-9-18-40-39-16-6-7-19-43(39)49-46(38)40/h1-29H. The summed E-state index contributed by atoms with van der Waals surface area (Å²) in [5.41, 5.74) is 11.3. The molecule has 0 saturated heterocycles. The van der Waals surface area contributed by atoms with Crippen molar-refractivity contribution in [2.75, 3.05) is 4.90 Å². The van der Waals surface area contributed by atoms with Gasteiger partial charge in [0.1, 0.15) is 22.3 Å². The summed E-state index contributed by atoms with van der Waals surface area (Å²) in [7, 11) is 0. The second kappa shape index (κ2) is 11.0. The van der Waals surface area contributed by atoms with E-state index in [2.05, 4.69) is 169 Å². The maximum Gasteiger partial charge on any atom is 0.143 e. The highest BCUT2D eigenvalue weighted by Crippen LogP contribution is 2.42. The molecule has 2 heterocycles. The highest BCUT2D eigenvalue weighted by Gasteiger charge is 2.18. The van der Waals surface area contributed by atoms with Crippen LogP contribution >= 0.6 is 0 Å². The molecule has 0 fully saturated rings. The molecular weight excluding hydrogens is 599 g/mol. The predicted molar refractivity (Wildman–Crippen MR) is 204 cm³/mol. The van der Waals surface area contributed by atoms with Crippen LogP contribution in [0.25, 0.3) is 76.9 Å². The van der Waals surface area contributed by atoms with Gasteiger partial charge in [0.25, 0.3) is 0 Å². The van der Waals surface area contributed by atoms with Gasteiger partial charge in [-0.3, -0.25) is 0 Å². The Balaban J connectivity index is 1.13. The predicted octanol–water partition coefficient (Wildman–Crippen LogP) is 13.4. The van der Waals surface area contributed by atoms with Crippen molar-refractivity contribution in [2.24, 2.45) is 0 Å². The molecular formula is C46H29NO2. The topological polar surface area (TPSA) is 29.5 Å². The van der Waals surface area contributed by atoms with Gasteiger partial charge in [0.05, 0.1) is 0 Å². The number of rotatable bonds is 5. The molecule has 3 heteroatoms. The first kappa shape index (κ1) is 27.5. The summed E-state index contributed by atoms with van der Waals surface area (Å²) in [5, 5.41) is 6.84. The van der Waals surface area contributed by atoms with Crippen LogP contribution in [0.1, 0.15) is 0 Å². The fraction of sp³-hybridized carbons (Fsp3) is 0. The number of nitrogens with zero attached hydrogens (tertiary/aromatic N) is 1. The minimum absolute atomic E-state index is 0.876. The lowest BCUT2D eigenvalue weighted by Crippen LogP contribution is -2.10. The van der Waals surface area contributed by atoms with Crippen LogP contribution in [0.5, 0.6) is 0 Å². The monoisotopic (exact) mass is 627 g/mol. The van der Waals surface area contributed by atoms with E-state index >= 15 is 0 Å². The van der Waals surface area contributed by atoms with Gasteiger partial charge in [0, 0.05) is 44.2 Å². The van der Waals surface area contributed by atoms with Gasteiger partial charge in [0.2, 0.25) is 0 Å². The Morgan fingerprint density at radius 3 is 1.86 bits per heavy atom. The fourth-order valence-electron chi connectivity index (χ4n) is 7.26. The summed E-state index contributed by atoms with van der Waals surface area (Å²) >= 11 is 0. The van der Waals surface area contributed by atoms with Crippen LogP contribution in [0, 0.1) is 0 Å². The number of hydrogen-bond acceptors (Lipinski definition) is 3. The van der Waals surface area contributed by atoms with Crippen LogP contribution in [0.4, 0.5) is 17.1 Å². The SMILES string of the molecule is c1ccc(-c2cccc(N(c3ccc(-c4cccc5c4oc4ccccc45)cc3)c3ccc4oc5cc6ccccc6cc5c4c3)c2)cc1. The van der Waals surface area contributed by atoms with Crippen molar-refractivity contribution in [1.82, 2.24) is 0 Å². The quantitative estimate of drug-likeness (QED) is 0.190. The van der Waals surface area contributed by atoms with Crippen LogP contribution in [-0.2, 0) is 0 Å². The molecule has 0 aliphatic rings. The smallest absolute Gasteiger partial charge is 0.143 e. The van der Waals surface area contributed by atoms with Crippen molar-refractivity contribution in [3.05, 3.63) is 176 Å². The second-order valence-corrected chi connectivity index (χ2v) is 12.6. The Hall–Kier alpha value is -6.58. The van der Waals surface area contributed by atoms with Crippen molar-refractivity contribution >= 4 is 71.7 Å². The van der Waals surface area contributed by atoms with Gasteiger partial charge in [-0.05, 0) is 88.1 Å². The fourth-order valence-corrected chi connectivity index (χ4v) is 7.26. The normalized spacial score (nSPS) is 11.7. The first-order chi connectivity index (χ1) is 24.3. The van der Waals surface area contributed by atoms with Gasteiger partial charge in [-0.25, -0.2) is 0 Å². The molecule has 0 bridgehead atoms. The van der Waals surface area contributed by atoms with Gasteiger partial charge in [0.15, 0.2) is 0 Å². The molecule has 0 unspecified atom stereocenters. The summed E-state index contributed by atoms with van der Waals surface area (Å²) in [6, 6.07) is 62.1. The molecule has 0 atom stereocenters. The van der Waals surface area contributed by atoms with E-state index in [1.54, 1.807) is 0 Å². The number of anilines is 3. The zero-order valence-corrected chi connectivity index (χ0v) is 26.5. The van der Waals surface area contributed by atoms with E-state index in [1.165, 1.54) is 16.3 Å². The maximum absolute atomic E-state index is 6.39. The number of hydrogen-bond donors (Lipinski definition) is 0. The van der Waals surface area contributed by atoms with Crippen molar-refractivity contribution < 1.29 is 8.83 Å². The molecule has 0 saturated carbocycles. The summed E-state index contributed by atoms with van der Waals surface area (Å²) < 4.78 is 12.8. The van der Waals surface area contributed by atoms with Crippen molar-refractivity contribution in [1.29, 1.82) is 0 Å². The lowest BCUT2D eigenvalue weighted by atomic mass is 10.0. The van der Waals surface area contributed by atoms with Crippen molar-refractivity contribution in [2.45, 2.75) is 0 Å². The minimum atomic E-state index is 0.876. The second-order valence-electron chi connectivity index (χ2n) is 12.6. The van der Waals surface area contributed by atoms with Crippen LogP contribution < -0.4 is 4.90 Å².